The molecule has 1 aromatic rings. The maximum Gasteiger partial charge on any atom is 0.336 e. The standard InChI is InChI=1S/C26H42O4/c1-3-4-5-6-7-8-9-10-11-12-13-14-15-16-17-18-22-21(2)19-20-23(25(27)28)24(22)26(29)30/h19-20H,3-18H2,1-2H3,(H,27,28)(H,29,30). The van der Waals surface area contributed by atoms with Gasteiger partial charge in [-0.15, -0.1) is 0 Å². The molecule has 0 aliphatic rings. The number of rotatable bonds is 18. The normalized spacial score (nSPS) is 11.0. The van der Waals surface area contributed by atoms with E-state index < -0.39 is 11.9 Å². The first-order valence-electron chi connectivity index (χ1n) is 12.1. The molecule has 0 aliphatic heterocycles. The summed E-state index contributed by atoms with van der Waals surface area (Å²) in [6.07, 6.45) is 20.0. The van der Waals surface area contributed by atoms with Crippen molar-refractivity contribution >= 4 is 11.9 Å². The molecule has 0 heterocycles. The summed E-state index contributed by atoms with van der Waals surface area (Å²) < 4.78 is 0. The van der Waals surface area contributed by atoms with Crippen molar-refractivity contribution in [1.29, 1.82) is 0 Å². The van der Waals surface area contributed by atoms with E-state index in [4.69, 9.17) is 0 Å². The lowest BCUT2D eigenvalue weighted by Crippen LogP contribution is -2.13. The van der Waals surface area contributed by atoms with Crippen LogP contribution in [0, 0.1) is 6.92 Å². The highest BCUT2D eigenvalue weighted by molar-refractivity contribution is 6.03. The van der Waals surface area contributed by atoms with Crippen molar-refractivity contribution in [3.05, 3.63) is 34.4 Å². The van der Waals surface area contributed by atoms with Crippen LogP contribution in [0.2, 0.25) is 0 Å². The molecule has 2 N–H and O–H groups in total. The summed E-state index contributed by atoms with van der Waals surface area (Å²) in [5.74, 6) is -2.32. The van der Waals surface area contributed by atoms with Crippen LogP contribution in [-0.4, -0.2) is 22.2 Å². The average molecular weight is 419 g/mol. The molecule has 0 amide bonds. The Hall–Kier alpha value is -1.84. The molecule has 30 heavy (non-hydrogen) atoms. The highest BCUT2D eigenvalue weighted by Gasteiger charge is 2.21. The van der Waals surface area contributed by atoms with Gasteiger partial charge < -0.3 is 10.2 Å². The van der Waals surface area contributed by atoms with E-state index in [-0.39, 0.29) is 11.1 Å². The van der Waals surface area contributed by atoms with Gasteiger partial charge in [0.1, 0.15) is 0 Å². The third-order valence-electron chi connectivity index (χ3n) is 6.02. The van der Waals surface area contributed by atoms with Crippen LogP contribution in [0.5, 0.6) is 0 Å². The monoisotopic (exact) mass is 418 g/mol. The molecular weight excluding hydrogens is 376 g/mol. The zero-order valence-electron chi connectivity index (χ0n) is 19.2. The first-order valence-corrected chi connectivity index (χ1v) is 12.1. The van der Waals surface area contributed by atoms with E-state index in [1.807, 2.05) is 6.92 Å². The fourth-order valence-corrected chi connectivity index (χ4v) is 4.17. The zero-order chi connectivity index (χ0) is 22.2. The van der Waals surface area contributed by atoms with E-state index in [2.05, 4.69) is 6.92 Å². The number of carboxylic acid groups (broad SMARTS) is 2. The van der Waals surface area contributed by atoms with Gasteiger partial charge in [0, 0.05) is 0 Å². The highest BCUT2D eigenvalue weighted by Crippen LogP contribution is 2.22. The van der Waals surface area contributed by atoms with Gasteiger partial charge in [-0.25, -0.2) is 9.59 Å². The third-order valence-corrected chi connectivity index (χ3v) is 6.02. The van der Waals surface area contributed by atoms with Crippen LogP contribution >= 0.6 is 0 Å². The smallest absolute Gasteiger partial charge is 0.336 e. The fourth-order valence-electron chi connectivity index (χ4n) is 4.17. The first kappa shape index (κ1) is 26.2. The molecule has 0 bridgehead atoms. The van der Waals surface area contributed by atoms with Crippen LogP contribution in [0.25, 0.3) is 0 Å². The van der Waals surface area contributed by atoms with Gasteiger partial charge in [0.05, 0.1) is 11.1 Å². The molecule has 0 radical (unpaired) electrons. The van der Waals surface area contributed by atoms with Crippen LogP contribution in [0.3, 0.4) is 0 Å². The maximum atomic E-state index is 11.6. The molecule has 0 aromatic heterocycles. The summed E-state index contributed by atoms with van der Waals surface area (Å²) >= 11 is 0. The van der Waals surface area contributed by atoms with Crippen molar-refractivity contribution in [2.75, 3.05) is 0 Å². The summed E-state index contributed by atoms with van der Waals surface area (Å²) in [6, 6.07) is 3.12. The zero-order valence-corrected chi connectivity index (χ0v) is 19.2. The van der Waals surface area contributed by atoms with Crippen molar-refractivity contribution in [2.45, 2.75) is 117 Å². The van der Waals surface area contributed by atoms with E-state index in [1.54, 1.807) is 6.07 Å². The lowest BCUT2D eigenvalue weighted by atomic mass is 9.92. The fraction of sp³-hybridized carbons (Fsp3) is 0.692. The van der Waals surface area contributed by atoms with E-state index in [9.17, 15) is 19.8 Å². The Bertz CT molecular complexity index is 636. The Kier molecular flexibility index (Phi) is 13.9. The van der Waals surface area contributed by atoms with Gasteiger partial charge in [-0.05, 0) is 37.0 Å². The van der Waals surface area contributed by atoms with E-state index >= 15 is 0 Å². The summed E-state index contributed by atoms with van der Waals surface area (Å²) in [5, 5.41) is 18.8. The Balaban J connectivity index is 2.14. The lowest BCUT2D eigenvalue weighted by molar-refractivity contribution is 0.0650. The molecule has 1 aromatic carbocycles. The van der Waals surface area contributed by atoms with Gasteiger partial charge in [-0.1, -0.05) is 103 Å². The summed E-state index contributed by atoms with van der Waals surface area (Å²) in [7, 11) is 0. The van der Waals surface area contributed by atoms with Crippen LogP contribution in [-0.2, 0) is 6.42 Å². The molecule has 0 unspecified atom stereocenters. The number of hydrogen-bond acceptors (Lipinski definition) is 2. The topological polar surface area (TPSA) is 74.6 Å². The van der Waals surface area contributed by atoms with Crippen LogP contribution < -0.4 is 0 Å². The van der Waals surface area contributed by atoms with E-state index in [0.29, 0.717) is 12.0 Å². The minimum atomic E-state index is -1.18. The second kappa shape index (κ2) is 15.9. The minimum absolute atomic E-state index is 0.0344. The molecule has 0 saturated heterocycles. The number of carbonyl (C=O) groups is 2. The lowest BCUT2D eigenvalue weighted by Gasteiger charge is -2.12. The summed E-state index contributed by atoms with van der Waals surface area (Å²) in [6.45, 7) is 4.12. The van der Waals surface area contributed by atoms with Crippen molar-refractivity contribution in [3.8, 4) is 0 Å². The Morgan fingerprint density at radius 2 is 1.10 bits per heavy atom. The third kappa shape index (κ3) is 10.3. The molecule has 4 nitrogen and oxygen atoms in total. The second-order valence-electron chi connectivity index (χ2n) is 8.59. The molecule has 0 saturated carbocycles. The molecule has 4 heteroatoms. The van der Waals surface area contributed by atoms with Crippen molar-refractivity contribution in [1.82, 2.24) is 0 Å². The summed E-state index contributed by atoms with van der Waals surface area (Å²) in [5.41, 5.74) is 1.40. The predicted molar refractivity (Wildman–Crippen MR) is 124 cm³/mol. The molecular formula is C26H42O4. The molecule has 0 fully saturated rings. The number of aryl methyl sites for hydroxylation is 1. The van der Waals surface area contributed by atoms with Gasteiger partial charge in [-0.3, -0.25) is 0 Å². The van der Waals surface area contributed by atoms with Gasteiger partial charge in [-0.2, -0.15) is 0 Å². The second-order valence-corrected chi connectivity index (χ2v) is 8.59. The molecule has 1 rings (SSSR count). The Morgan fingerprint density at radius 1 is 0.667 bits per heavy atom. The number of aromatic carboxylic acids is 2. The largest absolute Gasteiger partial charge is 0.478 e. The van der Waals surface area contributed by atoms with Crippen LogP contribution in [0.1, 0.15) is 135 Å². The number of unbranched alkanes of at least 4 members (excludes halogenated alkanes) is 14. The molecule has 0 aliphatic carbocycles. The van der Waals surface area contributed by atoms with Crippen LogP contribution in [0.15, 0.2) is 12.1 Å². The van der Waals surface area contributed by atoms with Gasteiger partial charge in [0.2, 0.25) is 0 Å². The highest BCUT2D eigenvalue weighted by atomic mass is 16.4. The van der Waals surface area contributed by atoms with E-state index in [0.717, 1.165) is 24.8 Å². The molecule has 170 valence electrons. The Labute approximate surface area is 183 Å². The maximum absolute atomic E-state index is 11.6. The Morgan fingerprint density at radius 3 is 1.50 bits per heavy atom. The predicted octanol–water partition coefficient (Wildman–Crippen LogP) is 7.81. The van der Waals surface area contributed by atoms with Gasteiger partial charge in [0.15, 0.2) is 0 Å². The van der Waals surface area contributed by atoms with Crippen molar-refractivity contribution < 1.29 is 19.8 Å². The van der Waals surface area contributed by atoms with E-state index in [1.165, 1.54) is 83.1 Å². The SMILES string of the molecule is CCCCCCCCCCCCCCCCCc1c(C)ccc(C(=O)O)c1C(=O)O. The molecule has 0 spiro atoms. The molecule has 0 atom stereocenters. The average Bonchev–Trinajstić information content (AvgIpc) is 2.71. The number of benzene rings is 1. The summed E-state index contributed by atoms with van der Waals surface area (Å²) in [4.78, 5) is 22.9. The van der Waals surface area contributed by atoms with Crippen molar-refractivity contribution in [3.63, 3.8) is 0 Å². The van der Waals surface area contributed by atoms with Crippen molar-refractivity contribution in [2.24, 2.45) is 0 Å². The van der Waals surface area contributed by atoms with Crippen LogP contribution in [0.4, 0.5) is 0 Å². The number of carboxylic acids is 2. The first-order chi connectivity index (χ1) is 14.5. The number of hydrogen-bond donors (Lipinski definition) is 2. The minimum Gasteiger partial charge on any atom is -0.478 e. The van der Waals surface area contributed by atoms with Gasteiger partial charge in [0.25, 0.3) is 0 Å². The quantitative estimate of drug-likeness (QED) is 0.238. The van der Waals surface area contributed by atoms with Gasteiger partial charge >= 0.3 is 11.9 Å².